The van der Waals surface area contributed by atoms with Crippen molar-refractivity contribution in [3.63, 3.8) is 0 Å². The number of ether oxygens (including phenoxy) is 1. The summed E-state index contributed by atoms with van der Waals surface area (Å²) in [5, 5.41) is 0. The van der Waals surface area contributed by atoms with Gasteiger partial charge in [-0.3, -0.25) is 4.90 Å². The minimum atomic E-state index is -5.76. The molecule has 0 aromatic heterocycles. The van der Waals surface area contributed by atoms with Crippen molar-refractivity contribution < 1.29 is 30.5 Å². The Kier molecular flexibility index (Phi) is 5.39. The molecule has 0 spiro atoms. The quantitative estimate of drug-likeness (QED) is 0.544. The van der Waals surface area contributed by atoms with Gasteiger partial charge in [0.1, 0.15) is 0 Å². The number of piperidine rings is 1. The fraction of sp³-hybridized carbons (Fsp3) is 0.647. The standard InChI is InChI=1S/C17H22F3NO4S/c1-24-14-8-7-13(11-21-9-3-2-4-10-21)15(12-5-6-12)16(14)25-26(22,23)17(18,19)20/h7-8,12H,2-6,9-11H2,1H3. The molecule has 1 aromatic carbocycles. The van der Waals surface area contributed by atoms with E-state index < -0.39 is 15.6 Å². The van der Waals surface area contributed by atoms with E-state index in [2.05, 4.69) is 9.08 Å². The Morgan fingerprint density at radius 1 is 1.15 bits per heavy atom. The summed E-state index contributed by atoms with van der Waals surface area (Å²) >= 11 is 0. The summed E-state index contributed by atoms with van der Waals surface area (Å²) < 4.78 is 71.2. The Balaban J connectivity index is 1.99. The van der Waals surface area contributed by atoms with Crippen LogP contribution in [0, 0.1) is 0 Å². The maximum Gasteiger partial charge on any atom is 0.534 e. The van der Waals surface area contributed by atoms with Crippen LogP contribution >= 0.6 is 0 Å². The first-order valence-electron chi connectivity index (χ1n) is 8.66. The zero-order valence-corrected chi connectivity index (χ0v) is 15.3. The number of hydrogen-bond acceptors (Lipinski definition) is 5. The normalized spacial score (nSPS) is 19.4. The first kappa shape index (κ1) is 19.3. The monoisotopic (exact) mass is 393 g/mol. The Morgan fingerprint density at radius 2 is 1.81 bits per heavy atom. The fourth-order valence-corrected chi connectivity index (χ4v) is 3.83. The molecule has 1 aliphatic carbocycles. The highest BCUT2D eigenvalue weighted by Crippen LogP contribution is 2.50. The third-order valence-corrected chi connectivity index (χ3v) is 5.73. The van der Waals surface area contributed by atoms with E-state index >= 15 is 0 Å². The molecule has 9 heteroatoms. The highest BCUT2D eigenvalue weighted by atomic mass is 32.2. The Labute approximate surface area is 151 Å². The minimum Gasteiger partial charge on any atom is -0.493 e. The van der Waals surface area contributed by atoms with Gasteiger partial charge in [0.2, 0.25) is 0 Å². The van der Waals surface area contributed by atoms with E-state index in [4.69, 9.17) is 4.74 Å². The Bertz CT molecular complexity index is 754. The topological polar surface area (TPSA) is 55.8 Å². The lowest BCUT2D eigenvalue weighted by Gasteiger charge is -2.28. The van der Waals surface area contributed by atoms with E-state index in [1.54, 1.807) is 6.07 Å². The highest BCUT2D eigenvalue weighted by Gasteiger charge is 2.49. The van der Waals surface area contributed by atoms with E-state index in [1.165, 1.54) is 19.6 Å². The molecule has 146 valence electrons. The van der Waals surface area contributed by atoms with E-state index in [9.17, 15) is 21.6 Å². The number of likely N-dealkylation sites (tertiary alicyclic amines) is 1. The van der Waals surface area contributed by atoms with Gasteiger partial charge in [-0.15, -0.1) is 0 Å². The molecule has 5 nitrogen and oxygen atoms in total. The van der Waals surface area contributed by atoms with Gasteiger partial charge in [0.05, 0.1) is 7.11 Å². The minimum absolute atomic E-state index is 0.00196. The molecule has 0 amide bonds. The second-order valence-corrected chi connectivity index (χ2v) is 8.30. The molecule has 0 unspecified atom stereocenters. The third-order valence-electron chi connectivity index (χ3n) is 4.77. The molecular formula is C17H22F3NO4S. The maximum absolute atomic E-state index is 12.8. The molecular weight excluding hydrogens is 371 g/mol. The second kappa shape index (κ2) is 7.26. The number of hydrogen-bond donors (Lipinski definition) is 0. The molecule has 1 saturated heterocycles. The maximum atomic E-state index is 12.8. The zero-order chi connectivity index (χ0) is 18.9. The second-order valence-electron chi connectivity index (χ2n) is 6.76. The fourth-order valence-electron chi connectivity index (χ4n) is 3.34. The number of halogens is 3. The van der Waals surface area contributed by atoms with Crippen LogP contribution < -0.4 is 8.92 Å². The highest BCUT2D eigenvalue weighted by molar-refractivity contribution is 7.88. The predicted octanol–water partition coefficient (Wildman–Crippen LogP) is 3.79. The van der Waals surface area contributed by atoms with Crippen LogP contribution in [0.15, 0.2) is 12.1 Å². The van der Waals surface area contributed by atoms with Crippen LogP contribution in [0.1, 0.15) is 49.1 Å². The lowest BCUT2D eigenvalue weighted by atomic mass is 10.00. The van der Waals surface area contributed by atoms with Crippen molar-refractivity contribution in [2.45, 2.75) is 50.1 Å². The molecule has 0 bridgehead atoms. The Hall–Kier alpha value is -1.48. The molecule has 0 N–H and O–H groups in total. The molecule has 1 saturated carbocycles. The van der Waals surface area contributed by atoms with Crippen molar-refractivity contribution in [3.8, 4) is 11.5 Å². The molecule has 1 aromatic rings. The number of alkyl halides is 3. The SMILES string of the molecule is COc1ccc(CN2CCCCC2)c(C2CC2)c1OS(=O)(=O)C(F)(F)F. The molecule has 2 fully saturated rings. The smallest absolute Gasteiger partial charge is 0.493 e. The summed E-state index contributed by atoms with van der Waals surface area (Å²) in [4.78, 5) is 2.24. The molecule has 1 heterocycles. The van der Waals surface area contributed by atoms with Gasteiger partial charge in [0.25, 0.3) is 0 Å². The van der Waals surface area contributed by atoms with Crippen LogP contribution in [0.2, 0.25) is 0 Å². The van der Waals surface area contributed by atoms with Gasteiger partial charge >= 0.3 is 15.6 Å². The molecule has 1 aliphatic heterocycles. The third kappa shape index (κ3) is 4.09. The molecule has 2 aliphatic rings. The summed E-state index contributed by atoms with van der Waals surface area (Å²) in [6.45, 7) is 2.42. The molecule has 0 atom stereocenters. The zero-order valence-electron chi connectivity index (χ0n) is 14.5. The van der Waals surface area contributed by atoms with Gasteiger partial charge in [-0.2, -0.15) is 21.6 Å². The van der Waals surface area contributed by atoms with Crippen LogP contribution in [-0.4, -0.2) is 39.0 Å². The van der Waals surface area contributed by atoms with E-state index in [0.717, 1.165) is 44.3 Å². The van der Waals surface area contributed by atoms with E-state index in [-0.39, 0.29) is 17.4 Å². The average molecular weight is 393 g/mol. The number of rotatable bonds is 6. The first-order valence-corrected chi connectivity index (χ1v) is 10.1. The number of methoxy groups -OCH3 is 1. The van der Waals surface area contributed by atoms with Gasteiger partial charge in [-0.25, -0.2) is 0 Å². The van der Waals surface area contributed by atoms with Gasteiger partial charge in [-0.1, -0.05) is 12.5 Å². The lowest BCUT2D eigenvalue weighted by Crippen LogP contribution is -2.30. The average Bonchev–Trinajstić information content (AvgIpc) is 3.39. The van der Waals surface area contributed by atoms with Crippen molar-refractivity contribution in [1.82, 2.24) is 4.90 Å². The van der Waals surface area contributed by atoms with Crippen molar-refractivity contribution >= 4 is 10.1 Å². The van der Waals surface area contributed by atoms with Crippen LogP contribution in [0.5, 0.6) is 11.5 Å². The van der Waals surface area contributed by atoms with E-state index in [1.807, 2.05) is 0 Å². The first-order chi connectivity index (χ1) is 12.2. The lowest BCUT2D eigenvalue weighted by molar-refractivity contribution is -0.0500. The summed E-state index contributed by atoms with van der Waals surface area (Å²) in [7, 11) is -4.47. The van der Waals surface area contributed by atoms with Crippen molar-refractivity contribution in [3.05, 3.63) is 23.3 Å². The molecule has 3 rings (SSSR count). The number of benzene rings is 1. The van der Waals surface area contributed by atoms with Crippen LogP contribution in [0.4, 0.5) is 13.2 Å². The summed E-state index contributed by atoms with van der Waals surface area (Å²) in [5.74, 6) is -0.313. The molecule has 26 heavy (non-hydrogen) atoms. The van der Waals surface area contributed by atoms with Crippen LogP contribution in [0.3, 0.4) is 0 Å². The van der Waals surface area contributed by atoms with Crippen molar-refractivity contribution in [2.24, 2.45) is 0 Å². The predicted molar refractivity (Wildman–Crippen MR) is 89.7 cm³/mol. The van der Waals surface area contributed by atoms with Gasteiger partial charge in [0.15, 0.2) is 11.5 Å². The van der Waals surface area contributed by atoms with Crippen molar-refractivity contribution in [1.29, 1.82) is 0 Å². The number of nitrogens with zero attached hydrogens (tertiary/aromatic N) is 1. The van der Waals surface area contributed by atoms with Crippen LogP contribution in [0.25, 0.3) is 0 Å². The van der Waals surface area contributed by atoms with Gasteiger partial charge in [0, 0.05) is 12.1 Å². The van der Waals surface area contributed by atoms with Crippen LogP contribution in [-0.2, 0) is 16.7 Å². The Morgan fingerprint density at radius 3 is 2.35 bits per heavy atom. The largest absolute Gasteiger partial charge is 0.534 e. The summed E-state index contributed by atoms with van der Waals surface area (Å²) in [5.41, 5.74) is -4.15. The summed E-state index contributed by atoms with van der Waals surface area (Å²) in [6, 6.07) is 3.28. The van der Waals surface area contributed by atoms with Crippen molar-refractivity contribution in [2.75, 3.05) is 20.2 Å². The van der Waals surface area contributed by atoms with Gasteiger partial charge in [-0.05, 0) is 56.3 Å². The van der Waals surface area contributed by atoms with E-state index in [0.29, 0.717) is 12.1 Å². The van der Waals surface area contributed by atoms with Gasteiger partial charge < -0.3 is 8.92 Å². The summed E-state index contributed by atoms with van der Waals surface area (Å²) in [6.07, 6.45) is 4.93. The molecule has 0 radical (unpaired) electrons.